The number of carboxylic acid groups (broad SMARTS) is 1. The number of aromatic nitrogens is 2. The molecule has 27 heavy (non-hydrogen) atoms. The van der Waals surface area contributed by atoms with Crippen LogP contribution < -0.4 is 0 Å². The van der Waals surface area contributed by atoms with E-state index in [0.29, 0.717) is 11.8 Å². The highest BCUT2D eigenvalue weighted by atomic mass is 19.4. The van der Waals surface area contributed by atoms with Crippen LogP contribution in [-0.2, 0) is 29.1 Å². The lowest BCUT2D eigenvalue weighted by Gasteiger charge is -2.20. The molecule has 1 N–H and O–H groups in total. The van der Waals surface area contributed by atoms with E-state index in [-0.39, 0.29) is 0 Å². The number of carbonyl (C=O) groups is 2. The minimum absolute atomic E-state index is 0.340. The number of imidazole rings is 1. The fourth-order valence-corrected chi connectivity index (χ4v) is 2.89. The second kappa shape index (κ2) is 8.73. The van der Waals surface area contributed by atoms with Crippen LogP contribution >= 0.6 is 0 Å². The first-order valence-corrected chi connectivity index (χ1v) is 8.83. The highest BCUT2D eigenvalue weighted by Gasteiger charge is 2.38. The number of aliphatic carboxylic acids is 1. The van der Waals surface area contributed by atoms with Crippen LogP contribution in [0.25, 0.3) is 0 Å². The van der Waals surface area contributed by atoms with Crippen LogP contribution in [-0.4, -0.2) is 69.7 Å². The summed E-state index contributed by atoms with van der Waals surface area (Å²) >= 11 is 0. The molecule has 2 aliphatic rings. The largest absolute Gasteiger partial charge is 0.490 e. The molecule has 1 saturated carbocycles. The molecule has 7 nitrogen and oxygen atoms in total. The van der Waals surface area contributed by atoms with Gasteiger partial charge in [0.05, 0.1) is 5.69 Å². The number of alkyl halides is 3. The van der Waals surface area contributed by atoms with Crippen molar-refractivity contribution in [3.05, 3.63) is 17.7 Å². The average Bonchev–Trinajstić information content (AvgIpc) is 3.32. The van der Waals surface area contributed by atoms with Gasteiger partial charge < -0.3 is 19.5 Å². The molecule has 1 aromatic rings. The molecular formula is C17H25F3N4O3. The molecule has 1 aromatic heterocycles. The molecular weight excluding hydrogens is 365 g/mol. The Morgan fingerprint density at radius 1 is 1.26 bits per heavy atom. The molecule has 0 bridgehead atoms. The number of fused-ring (bicyclic) bond motifs is 1. The summed E-state index contributed by atoms with van der Waals surface area (Å²) in [5.41, 5.74) is 1.25. The zero-order valence-corrected chi connectivity index (χ0v) is 15.5. The fourth-order valence-electron chi connectivity index (χ4n) is 2.89. The first kappa shape index (κ1) is 21.2. The van der Waals surface area contributed by atoms with Gasteiger partial charge in [0, 0.05) is 45.2 Å². The van der Waals surface area contributed by atoms with E-state index in [1.54, 1.807) is 0 Å². The van der Waals surface area contributed by atoms with E-state index in [1.807, 2.05) is 11.1 Å². The van der Waals surface area contributed by atoms with Crippen LogP contribution in [0.2, 0.25) is 0 Å². The van der Waals surface area contributed by atoms with Crippen LogP contribution in [0.4, 0.5) is 13.2 Å². The van der Waals surface area contributed by atoms with Gasteiger partial charge in [-0.05, 0) is 32.9 Å². The summed E-state index contributed by atoms with van der Waals surface area (Å²) in [4.78, 5) is 29.8. The van der Waals surface area contributed by atoms with Crippen molar-refractivity contribution in [3.8, 4) is 0 Å². The molecule has 0 saturated heterocycles. The zero-order chi connectivity index (χ0) is 20.2. The Balaban J connectivity index is 0.000000321. The van der Waals surface area contributed by atoms with E-state index < -0.39 is 12.1 Å². The SMILES string of the molecule is CN(C)Cc1cnc2n1CCN(C(=O)CC1CC1)CC2.O=C(O)C(F)(F)F. The third kappa shape index (κ3) is 6.53. The number of hydrogen-bond acceptors (Lipinski definition) is 4. The van der Waals surface area contributed by atoms with Crippen molar-refractivity contribution in [2.24, 2.45) is 5.92 Å². The van der Waals surface area contributed by atoms with Crippen molar-refractivity contribution in [1.29, 1.82) is 0 Å². The summed E-state index contributed by atoms with van der Waals surface area (Å²) in [5.74, 6) is -0.615. The van der Waals surface area contributed by atoms with E-state index in [4.69, 9.17) is 9.90 Å². The Labute approximate surface area is 155 Å². The molecule has 2 heterocycles. The van der Waals surface area contributed by atoms with Gasteiger partial charge in [-0.3, -0.25) is 4.79 Å². The predicted molar refractivity (Wildman–Crippen MR) is 90.9 cm³/mol. The van der Waals surface area contributed by atoms with Gasteiger partial charge in [0.1, 0.15) is 5.82 Å². The summed E-state index contributed by atoms with van der Waals surface area (Å²) in [6, 6.07) is 0. The van der Waals surface area contributed by atoms with Gasteiger partial charge in [0.25, 0.3) is 0 Å². The topological polar surface area (TPSA) is 78.7 Å². The number of hydrogen-bond donors (Lipinski definition) is 1. The van der Waals surface area contributed by atoms with Gasteiger partial charge in [-0.15, -0.1) is 0 Å². The summed E-state index contributed by atoms with van der Waals surface area (Å²) in [7, 11) is 4.14. The van der Waals surface area contributed by atoms with Crippen molar-refractivity contribution in [3.63, 3.8) is 0 Å². The van der Waals surface area contributed by atoms with Crippen molar-refractivity contribution in [1.82, 2.24) is 19.4 Å². The van der Waals surface area contributed by atoms with Gasteiger partial charge >= 0.3 is 12.1 Å². The smallest absolute Gasteiger partial charge is 0.475 e. The molecule has 1 aliphatic carbocycles. The highest BCUT2D eigenvalue weighted by molar-refractivity contribution is 5.76. The maximum Gasteiger partial charge on any atom is 0.490 e. The Kier molecular flexibility index (Phi) is 6.85. The number of rotatable bonds is 4. The van der Waals surface area contributed by atoms with Crippen LogP contribution in [0.15, 0.2) is 6.20 Å². The molecule has 1 amide bonds. The summed E-state index contributed by atoms with van der Waals surface area (Å²) in [5, 5.41) is 7.12. The number of nitrogens with zero attached hydrogens (tertiary/aromatic N) is 4. The number of amides is 1. The first-order chi connectivity index (χ1) is 12.6. The standard InChI is InChI=1S/C15H24N4O.C2HF3O2/c1-17(2)11-13-10-16-14-5-6-18(7-8-19(13)14)15(20)9-12-3-4-12;3-2(4,5)1(6)7/h10,12H,3-9,11H2,1-2H3;(H,6,7). The third-order valence-corrected chi connectivity index (χ3v) is 4.45. The molecule has 0 spiro atoms. The van der Waals surface area contributed by atoms with E-state index in [9.17, 15) is 18.0 Å². The van der Waals surface area contributed by atoms with Crippen molar-refractivity contribution in [2.75, 3.05) is 27.2 Å². The quantitative estimate of drug-likeness (QED) is 0.848. The molecule has 1 aliphatic heterocycles. The van der Waals surface area contributed by atoms with E-state index in [0.717, 1.165) is 44.8 Å². The third-order valence-electron chi connectivity index (χ3n) is 4.45. The lowest BCUT2D eigenvalue weighted by atomic mass is 10.2. The average molecular weight is 390 g/mol. The lowest BCUT2D eigenvalue weighted by molar-refractivity contribution is -0.192. The van der Waals surface area contributed by atoms with Crippen molar-refractivity contribution < 1.29 is 27.9 Å². The normalized spacial score (nSPS) is 17.0. The maximum absolute atomic E-state index is 12.2. The van der Waals surface area contributed by atoms with Gasteiger partial charge in [-0.25, -0.2) is 9.78 Å². The Morgan fingerprint density at radius 2 is 1.89 bits per heavy atom. The lowest BCUT2D eigenvalue weighted by Crippen LogP contribution is -2.33. The minimum Gasteiger partial charge on any atom is -0.475 e. The molecule has 1 fully saturated rings. The van der Waals surface area contributed by atoms with E-state index >= 15 is 0 Å². The molecule has 0 aromatic carbocycles. The van der Waals surface area contributed by atoms with Crippen molar-refractivity contribution >= 4 is 11.9 Å². The van der Waals surface area contributed by atoms with Crippen molar-refractivity contribution in [2.45, 2.75) is 44.9 Å². The maximum atomic E-state index is 12.2. The second-order valence-corrected chi connectivity index (χ2v) is 7.14. The Morgan fingerprint density at radius 3 is 2.41 bits per heavy atom. The van der Waals surface area contributed by atoms with Gasteiger partial charge in [-0.1, -0.05) is 0 Å². The molecule has 0 radical (unpaired) electrons. The monoisotopic (exact) mass is 390 g/mol. The summed E-state index contributed by atoms with van der Waals surface area (Å²) < 4.78 is 34.0. The molecule has 10 heteroatoms. The summed E-state index contributed by atoms with van der Waals surface area (Å²) in [6.07, 6.45) is 1.02. The zero-order valence-electron chi connectivity index (χ0n) is 15.5. The first-order valence-electron chi connectivity index (χ1n) is 8.83. The second-order valence-electron chi connectivity index (χ2n) is 7.14. The number of carbonyl (C=O) groups excluding carboxylic acids is 1. The Hall–Kier alpha value is -2.10. The van der Waals surface area contributed by atoms with Gasteiger partial charge in [0.2, 0.25) is 5.91 Å². The van der Waals surface area contributed by atoms with Gasteiger partial charge in [-0.2, -0.15) is 13.2 Å². The Bertz CT molecular complexity index is 669. The highest BCUT2D eigenvalue weighted by Crippen LogP contribution is 2.33. The van der Waals surface area contributed by atoms with Crippen LogP contribution in [0.3, 0.4) is 0 Å². The number of carboxylic acids is 1. The minimum atomic E-state index is -5.08. The predicted octanol–water partition coefficient (Wildman–Crippen LogP) is 1.76. The molecule has 0 atom stereocenters. The molecule has 3 rings (SSSR count). The van der Waals surface area contributed by atoms with E-state index in [2.05, 4.69) is 28.5 Å². The number of halogens is 3. The van der Waals surface area contributed by atoms with E-state index in [1.165, 1.54) is 18.5 Å². The molecule has 152 valence electrons. The van der Waals surface area contributed by atoms with Crippen LogP contribution in [0.5, 0.6) is 0 Å². The summed E-state index contributed by atoms with van der Waals surface area (Å²) in [6.45, 7) is 3.44. The van der Waals surface area contributed by atoms with Crippen LogP contribution in [0, 0.1) is 5.92 Å². The molecule has 0 unspecified atom stereocenters. The van der Waals surface area contributed by atoms with Gasteiger partial charge in [0.15, 0.2) is 0 Å². The van der Waals surface area contributed by atoms with Crippen LogP contribution in [0.1, 0.15) is 30.8 Å². The fraction of sp³-hybridized carbons (Fsp3) is 0.706.